The molecule has 104 valence electrons. The minimum absolute atomic E-state index is 0.848. The summed E-state index contributed by atoms with van der Waals surface area (Å²) >= 11 is 2.48. The average Bonchev–Trinajstić information content (AvgIpc) is 2.46. The van der Waals surface area contributed by atoms with Gasteiger partial charge in [-0.1, -0.05) is 28.7 Å². The highest BCUT2D eigenvalue weighted by atomic mass is 127. The molecule has 2 heterocycles. The van der Waals surface area contributed by atoms with Gasteiger partial charge in [-0.25, -0.2) is 0 Å². The van der Waals surface area contributed by atoms with Crippen LogP contribution in [-0.2, 0) is 0 Å². The molecule has 0 aliphatic carbocycles. The summed E-state index contributed by atoms with van der Waals surface area (Å²) in [7, 11) is 0. The molecule has 18 heavy (non-hydrogen) atoms. The van der Waals surface area contributed by atoms with Gasteiger partial charge in [-0.15, -0.1) is 6.58 Å². The van der Waals surface area contributed by atoms with Gasteiger partial charge in [0.15, 0.2) is 0 Å². The second-order valence-electron chi connectivity index (χ2n) is 5.42. The highest BCUT2D eigenvalue weighted by Crippen LogP contribution is 2.18. The van der Waals surface area contributed by atoms with Crippen LogP contribution in [0.2, 0.25) is 0 Å². The number of nitrogens with zero attached hydrogens (tertiary/aromatic N) is 3. The summed E-state index contributed by atoms with van der Waals surface area (Å²) in [5, 5.41) is 0. The van der Waals surface area contributed by atoms with E-state index in [9.17, 15) is 0 Å². The third-order valence-corrected chi connectivity index (χ3v) is 5.26. The van der Waals surface area contributed by atoms with Gasteiger partial charge in [0.05, 0.1) is 4.55 Å². The van der Waals surface area contributed by atoms with Crippen molar-refractivity contribution in [2.45, 2.75) is 25.3 Å². The molecular formula is C14H26IN3. The molecule has 0 bridgehead atoms. The van der Waals surface area contributed by atoms with Gasteiger partial charge in [0.2, 0.25) is 0 Å². The van der Waals surface area contributed by atoms with Crippen LogP contribution in [0.15, 0.2) is 12.7 Å². The molecule has 0 spiro atoms. The molecule has 2 saturated heterocycles. The lowest BCUT2D eigenvalue weighted by Gasteiger charge is -2.42. The van der Waals surface area contributed by atoms with Crippen LogP contribution in [0, 0.1) is 0 Å². The van der Waals surface area contributed by atoms with Gasteiger partial charge in [-0.05, 0) is 32.4 Å². The Labute approximate surface area is 125 Å². The second kappa shape index (κ2) is 7.82. The molecule has 2 fully saturated rings. The zero-order chi connectivity index (χ0) is 12.8. The maximum Gasteiger partial charge on any atom is 0.0506 e. The summed E-state index contributed by atoms with van der Waals surface area (Å²) in [5.74, 6) is 0. The van der Waals surface area contributed by atoms with E-state index in [1.807, 2.05) is 6.08 Å². The van der Waals surface area contributed by atoms with E-state index in [0.29, 0.717) is 0 Å². The summed E-state index contributed by atoms with van der Waals surface area (Å²) in [6.45, 7) is 12.7. The fourth-order valence-corrected chi connectivity index (χ4v) is 3.71. The number of alkyl halides is 1. The van der Waals surface area contributed by atoms with Crippen molar-refractivity contribution in [2.24, 2.45) is 0 Å². The molecule has 4 heteroatoms. The Morgan fingerprint density at radius 1 is 1.00 bits per heavy atom. The fourth-order valence-electron chi connectivity index (χ4n) is 3.03. The Balaban J connectivity index is 1.68. The van der Waals surface area contributed by atoms with E-state index in [1.54, 1.807) is 0 Å². The summed E-state index contributed by atoms with van der Waals surface area (Å²) in [5.41, 5.74) is 0. The quantitative estimate of drug-likeness (QED) is 0.320. The van der Waals surface area contributed by atoms with E-state index in [0.717, 1.165) is 12.5 Å². The highest BCUT2D eigenvalue weighted by Gasteiger charge is 2.26. The first kappa shape index (κ1) is 14.8. The first-order chi connectivity index (χ1) is 8.83. The standard InChI is InChI=1S/C14H26IN3/c1-2-3-6-16-7-4-14(5-8-16)18-11-9-17(13-15)10-12-18/h2,14H,1,3-13H2. The van der Waals surface area contributed by atoms with Crippen LogP contribution < -0.4 is 0 Å². The van der Waals surface area contributed by atoms with Gasteiger partial charge >= 0.3 is 0 Å². The van der Waals surface area contributed by atoms with Crippen LogP contribution in [0.4, 0.5) is 0 Å². The number of hydrogen-bond donors (Lipinski definition) is 0. The van der Waals surface area contributed by atoms with E-state index in [4.69, 9.17) is 0 Å². The maximum atomic E-state index is 3.81. The lowest BCUT2D eigenvalue weighted by atomic mass is 10.0. The third kappa shape index (κ3) is 4.18. The third-order valence-electron chi connectivity index (χ3n) is 4.30. The minimum Gasteiger partial charge on any atom is -0.303 e. The summed E-state index contributed by atoms with van der Waals surface area (Å²) in [6, 6.07) is 0.848. The Kier molecular flexibility index (Phi) is 6.41. The van der Waals surface area contributed by atoms with E-state index in [2.05, 4.69) is 43.9 Å². The lowest BCUT2D eigenvalue weighted by molar-refractivity contribution is 0.0673. The van der Waals surface area contributed by atoms with Crippen LogP contribution >= 0.6 is 22.6 Å². The molecule has 0 unspecified atom stereocenters. The lowest BCUT2D eigenvalue weighted by Crippen LogP contribution is -2.52. The monoisotopic (exact) mass is 363 g/mol. The van der Waals surface area contributed by atoms with Crippen LogP contribution in [-0.4, -0.2) is 71.1 Å². The van der Waals surface area contributed by atoms with Crippen molar-refractivity contribution in [3.8, 4) is 0 Å². The smallest absolute Gasteiger partial charge is 0.0506 e. The molecule has 2 aliphatic rings. The van der Waals surface area contributed by atoms with Crippen molar-refractivity contribution >= 4 is 22.6 Å². The number of rotatable bonds is 5. The molecule has 2 aliphatic heterocycles. The van der Waals surface area contributed by atoms with E-state index >= 15 is 0 Å². The van der Waals surface area contributed by atoms with E-state index in [-0.39, 0.29) is 0 Å². The number of piperazine rings is 1. The molecular weight excluding hydrogens is 337 g/mol. The number of piperidine rings is 1. The van der Waals surface area contributed by atoms with Crippen LogP contribution in [0.1, 0.15) is 19.3 Å². The first-order valence-electron chi connectivity index (χ1n) is 7.19. The number of halogens is 1. The van der Waals surface area contributed by atoms with Crippen molar-refractivity contribution in [3.63, 3.8) is 0 Å². The van der Waals surface area contributed by atoms with Crippen molar-refractivity contribution < 1.29 is 0 Å². The van der Waals surface area contributed by atoms with Crippen LogP contribution in [0.3, 0.4) is 0 Å². The molecule has 0 radical (unpaired) electrons. The first-order valence-corrected chi connectivity index (χ1v) is 8.71. The average molecular weight is 363 g/mol. The Bertz CT molecular complexity index is 243. The molecule has 0 aromatic heterocycles. The minimum atomic E-state index is 0.848. The van der Waals surface area contributed by atoms with Crippen molar-refractivity contribution in [1.82, 2.24) is 14.7 Å². The fraction of sp³-hybridized carbons (Fsp3) is 0.857. The van der Waals surface area contributed by atoms with Gasteiger partial charge in [0.1, 0.15) is 0 Å². The maximum absolute atomic E-state index is 3.81. The van der Waals surface area contributed by atoms with Crippen LogP contribution in [0.5, 0.6) is 0 Å². The molecule has 2 rings (SSSR count). The highest BCUT2D eigenvalue weighted by molar-refractivity contribution is 14.1. The Morgan fingerprint density at radius 3 is 2.22 bits per heavy atom. The van der Waals surface area contributed by atoms with Crippen LogP contribution in [0.25, 0.3) is 0 Å². The molecule has 3 nitrogen and oxygen atoms in total. The molecule has 0 aromatic carbocycles. The second-order valence-corrected chi connectivity index (χ2v) is 6.11. The Hall–Kier alpha value is 0.350. The molecule has 0 saturated carbocycles. The largest absolute Gasteiger partial charge is 0.303 e. The van der Waals surface area contributed by atoms with Gasteiger partial charge in [-0.2, -0.15) is 0 Å². The summed E-state index contributed by atoms with van der Waals surface area (Å²) in [6.07, 6.45) is 5.90. The van der Waals surface area contributed by atoms with Gasteiger partial charge in [-0.3, -0.25) is 9.80 Å². The molecule has 0 amide bonds. The van der Waals surface area contributed by atoms with E-state index < -0.39 is 0 Å². The van der Waals surface area contributed by atoms with E-state index in [1.165, 1.54) is 63.2 Å². The molecule has 0 N–H and O–H groups in total. The SMILES string of the molecule is C=CCCN1CCC(N2CCN(CI)CC2)CC1. The zero-order valence-electron chi connectivity index (χ0n) is 11.4. The van der Waals surface area contributed by atoms with Gasteiger partial charge in [0, 0.05) is 38.8 Å². The van der Waals surface area contributed by atoms with Crippen molar-refractivity contribution in [2.75, 3.05) is 50.4 Å². The Morgan fingerprint density at radius 2 is 1.67 bits per heavy atom. The molecule has 0 atom stereocenters. The number of likely N-dealkylation sites (tertiary alicyclic amines) is 1. The predicted octanol–water partition coefficient (Wildman–Crippen LogP) is 2.04. The van der Waals surface area contributed by atoms with Crippen molar-refractivity contribution in [3.05, 3.63) is 12.7 Å². The van der Waals surface area contributed by atoms with Crippen molar-refractivity contribution in [1.29, 1.82) is 0 Å². The molecule has 0 aromatic rings. The topological polar surface area (TPSA) is 9.72 Å². The number of hydrogen-bond acceptors (Lipinski definition) is 3. The van der Waals surface area contributed by atoms with Gasteiger partial charge in [0.25, 0.3) is 0 Å². The summed E-state index contributed by atoms with van der Waals surface area (Å²) < 4.78 is 1.19. The predicted molar refractivity (Wildman–Crippen MR) is 86.3 cm³/mol. The zero-order valence-corrected chi connectivity index (χ0v) is 13.5. The normalized spacial score (nSPS) is 25.4. The van der Waals surface area contributed by atoms with Gasteiger partial charge < -0.3 is 4.90 Å². The summed E-state index contributed by atoms with van der Waals surface area (Å²) in [4.78, 5) is 7.88.